The summed E-state index contributed by atoms with van der Waals surface area (Å²) in [6, 6.07) is 0. The van der Waals surface area contributed by atoms with Crippen LogP contribution in [0.2, 0.25) is 0 Å². The summed E-state index contributed by atoms with van der Waals surface area (Å²) in [5, 5.41) is 10.2. The predicted octanol–water partition coefficient (Wildman–Crippen LogP) is -5.78. The van der Waals surface area contributed by atoms with Gasteiger partial charge in [-0.1, -0.05) is 25.7 Å². The number of unbranched alkanes of at least 4 members (excludes halogenated alkanes) is 4. The molecule has 11 heteroatoms. The Labute approximate surface area is 186 Å². The van der Waals surface area contributed by atoms with Crippen molar-refractivity contribution < 1.29 is 86.2 Å². The minimum atomic E-state index is -4.74. The van der Waals surface area contributed by atoms with Crippen LogP contribution in [-0.2, 0) is 25.9 Å². The standard InChI is InChI=1S/C13H22N2O6S.2Na/c16-13(17)7-5-3-1-2-4-6-12(21-22(18,19)20)10-15-9-8-14-11-15;;/h8-9,11-12H,1-7,10H2,(H,16,17)(H,18,19,20);;/q;2*+1/p-2. The van der Waals surface area contributed by atoms with Crippen LogP contribution in [-0.4, -0.2) is 34.6 Å². The van der Waals surface area contributed by atoms with Crippen LogP contribution < -0.4 is 64.2 Å². The van der Waals surface area contributed by atoms with Crippen LogP contribution in [0.15, 0.2) is 18.7 Å². The monoisotopic (exact) mass is 378 g/mol. The fourth-order valence-corrected chi connectivity index (χ4v) is 2.63. The molecule has 0 saturated heterocycles. The molecule has 24 heavy (non-hydrogen) atoms. The topological polar surface area (TPSA) is 124 Å². The second-order valence-electron chi connectivity index (χ2n) is 5.06. The van der Waals surface area contributed by atoms with E-state index in [-0.39, 0.29) is 72.1 Å². The molecule has 1 unspecified atom stereocenters. The van der Waals surface area contributed by atoms with Gasteiger partial charge in [-0.05, 0) is 19.3 Å². The zero-order valence-electron chi connectivity index (χ0n) is 14.2. The summed E-state index contributed by atoms with van der Waals surface area (Å²) in [5.41, 5.74) is 0. The Morgan fingerprint density at radius 3 is 2.33 bits per heavy atom. The van der Waals surface area contributed by atoms with Crippen LogP contribution in [0.25, 0.3) is 0 Å². The van der Waals surface area contributed by atoms with E-state index < -0.39 is 22.5 Å². The molecular weight excluding hydrogens is 358 g/mol. The summed E-state index contributed by atoms with van der Waals surface area (Å²) >= 11 is 0. The SMILES string of the molecule is O=C([O-])CCCCCCCC(Cn1ccnc1)OS(=O)(=O)[O-].[Na+].[Na+]. The van der Waals surface area contributed by atoms with Gasteiger partial charge < -0.3 is 19.0 Å². The molecule has 1 atom stereocenters. The number of hydrogen-bond donors (Lipinski definition) is 0. The number of rotatable bonds is 12. The summed E-state index contributed by atoms with van der Waals surface area (Å²) in [7, 11) is -4.74. The van der Waals surface area contributed by atoms with Gasteiger partial charge in [0.15, 0.2) is 0 Å². The van der Waals surface area contributed by atoms with Gasteiger partial charge in [0.2, 0.25) is 10.4 Å². The molecule has 0 bridgehead atoms. The van der Waals surface area contributed by atoms with Crippen molar-refractivity contribution in [2.24, 2.45) is 0 Å². The molecule has 0 aliphatic carbocycles. The van der Waals surface area contributed by atoms with Crippen LogP contribution in [0.5, 0.6) is 0 Å². The first-order valence-electron chi connectivity index (χ1n) is 7.16. The van der Waals surface area contributed by atoms with Crippen LogP contribution in [0.1, 0.15) is 44.9 Å². The summed E-state index contributed by atoms with van der Waals surface area (Å²) in [5.74, 6) is -1.05. The molecule has 1 heterocycles. The summed E-state index contributed by atoms with van der Waals surface area (Å²) < 4.78 is 38.4. The van der Waals surface area contributed by atoms with E-state index in [2.05, 4.69) is 9.17 Å². The van der Waals surface area contributed by atoms with Crippen molar-refractivity contribution in [2.75, 3.05) is 0 Å². The first-order valence-corrected chi connectivity index (χ1v) is 8.50. The van der Waals surface area contributed by atoms with E-state index in [1.54, 1.807) is 17.0 Å². The van der Waals surface area contributed by atoms with Crippen molar-refractivity contribution in [2.45, 2.75) is 57.6 Å². The molecule has 126 valence electrons. The molecule has 0 N–H and O–H groups in total. The average Bonchev–Trinajstić information content (AvgIpc) is 2.88. The van der Waals surface area contributed by atoms with Gasteiger partial charge in [-0.3, -0.25) is 4.18 Å². The Hall–Kier alpha value is 0.550. The van der Waals surface area contributed by atoms with Crippen LogP contribution in [0, 0.1) is 0 Å². The molecule has 0 aliphatic heterocycles. The van der Waals surface area contributed by atoms with Gasteiger partial charge in [-0.2, -0.15) is 0 Å². The molecule has 1 aromatic rings. The fraction of sp³-hybridized carbons (Fsp3) is 0.692. The van der Waals surface area contributed by atoms with Gasteiger partial charge in [0.05, 0.1) is 19.0 Å². The van der Waals surface area contributed by atoms with Gasteiger partial charge in [0.1, 0.15) is 0 Å². The Morgan fingerprint density at radius 1 is 1.17 bits per heavy atom. The van der Waals surface area contributed by atoms with Crippen molar-refractivity contribution in [3.63, 3.8) is 0 Å². The average molecular weight is 378 g/mol. The first-order chi connectivity index (χ1) is 10.4. The quantitative estimate of drug-likeness (QED) is 0.154. The Balaban J connectivity index is 0. The fourth-order valence-electron chi connectivity index (χ4n) is 2.14. The molecule has 1 rings (SSSR count). The number of aromatic nitrogens is 2. The van der Waals surface area contributed by atoms with Gasteiger partial charge in [-0.25, -0.2) is 13.4 Å². The van der Waals surface area contributed by atoms with Gasteiger partial charge in [0.25, 0.3) is 0 Å². The summed E-state index contributed by atoms with van der Waals surface area (Å²) in [4.78, 5) is 14.1. The van der Waals surface area contributed by atoms with Gasteiger partial charge in [-0.15, -0.1) is 0 Å². The zero-order valence-corrected chi connectivity index (χ0v) is 19.0. The summed E-state index contributed by atoms with van der Waals surface area (Å²) in [6.45, 7) is 0.242. The number of imidazole rings is 1. The predicted molar refractivity (Wildman–Crippen MR) is 74.1 cm³/mol. The van der Waals surface area contributed by atoms with Gasteiger partial charge in [0, 0.05) is 18.4 Å². The molecule has 0 amide bonds. The minimum Gasteiger partial charge on any atom is -0.726 e. The number of carbonyl (C=O) groups excluding carboxylic acids is 1. The van der Waals surface area contributed by atoms with Crippen molar-refractivity contribution in [3.8, 4) is 0 Å². The van der Waals surface area contributed by atoms with E-state index in [4.69, 9.17) is 0 Å². The maximum Gasteiger partial charge on any atom is 1.00 e. The normalized spacial score (nSPS) is 12.0. The third kappa shape index (κ3) is 14.9. The van der Waals surface area contributed by atoms with Crippen LogP contribution in [0.3, 0.4) is 0 Å². The number of carbonyl (C=O) groups is 1. The largest absolute Gasteiger partial charge is 1.00 e. The van der Waals surface area contributed by atoms with E-state index in [1.807, 2.05) is 0 Å². The number of carboxylic acids is 1. The Bertz CT molecular complexity index is 539. The third-order valence-corrected chi connectivity index (χ3v) is 3.64. The van der Waals surface area contributed by atoms with Crippen molar-refractivity contribution in [3.05, 3.63) is 18.7 Å². The molecule has 0 aromatic carbocycles. The van der Waals surface area contributed by atoms with Crippen LogP contribution >= 0.6 is 0 Å². The van der Waals surface area contributed by atoms with E-state index in [9.17, 15) is 22.9 Å². The molecular formula is C13H20N2Na2O6S. The van der Waals surface area contributed by atoms with E-state index in [0.717, 1.165) is 19.3 Å². The van der Waals surface area contributed by atoms with Crippen LogP contribution in [0.4, 0.5) is 0 Å². The molecule has 0 saturated carbocycles. The van der Waals surface area contributed by atoms with Crippen molar-refractivity contribution in [1.82, 2.24) is 9.55 Å². The number of hydrogen-bond acceptors (Lipinski definition) is 7. The Morgan fingerprint density at radius 2 is 1.79 bits per heavy atom. The maximum atomic E-state index is 10.7. The third-order valence-electron chi connectivity index (χ3n) is 3.13. The first kappa shape index (κ1) is 26.8. The molecule has 8 nitrogen and oxygen atoms in total. The number of carboxylic acid groups (broad SMARTS) is 1. The van der Waals surface area contributed by atoms with Crippen molar-refractivity contribution in [1.29, 1.82) is 0 Å². The molecule has 0 fully saturated rings. The van der Waals surface area contributed by atoms with E-state index >= 15 is 0 Å². The smallest absolute Gasteiger partial charge is 0.726 e. The molecule has 0 aliphatic rings. The van der Waals surface area contributed by atoms with E-state index in [0.29, 0.717) is 19.3 Å². The molecule has 0 spiro atoms. The van der Waals surface area contributed by atoms with Gasteiger partial charge >= 0.3 is 59.1 Å². The molecule has 0 radical (unpaired) electrons. The second-order valence-corrected chi connectivity index (χ2v) is 6.07. The maximum absolute atomic E-state index is 10.7. The van der Waals surface area contributed by atoms with Crippen molar-refractivity contribution >= 4 is 16.4 Å². The second kappa shape index (κ2) is 14.7. The number of nitrogens with zero attached hydrogens (tertiary/aromatic N) is 2. The van der Waals surface area contributed by atoms with E-state index in [1.165, 1.54) is 6.33 Å². The number of aliphatic carboxylic acids is 1. The zero-order chi connectivity index (χ0) is 16.4. The molecule has 1 aromatic heterocycles. The summed E-state index contributed by atoms with van der Waals surface area (Å²) in [6.07, 6.45) is 8.21. The minimum absolute atomic E-state index is 0. The Kier molecular flexibility index (Phi) is 16.4.